The van der Waals surface area contributed by atoms with Gasteiger partial charge < -0.3 is 16.8 Å². The Hall–Kier alpha value is -2.67. The summed E-state index contributed by atoms with van der Waals surface area (Å²) < 4.78 is 1.40. The molecule has 2 atom stereocenters. The summed E-state index contributed by atoms with van der Waals surface area (Å²) in [6.45, 7) is 0.552. The zero-order valence-electron chi connectivity index (χ0n) is 14.0. The second-order valence-corrected chi connectivity index (χ2v) is 6.39. The summed E-state index contributed by atoms with van der Waals surface area (Å²) in [6.07, 6.45) is 4.15. The minimum Gasteiger partial charge on any atom is -0.364 e. The summed E-state index contributed by atoms with van der Waals surface area (Å²) in [5, 5.41) is 7.31. The second-order valence-electron chi connectivity index (χ2n) is 6.39. The predicted molar refractivity (Wildman–Crippen MR) is 94.3 cm³/mol. The molecule has 0 saturated heterocycles. The van der Waals surface area contributed by atoms with Crippen LogP contribution < -0.4 is 16.8 Å². The molecule has 7 nitrogen and oxygen atoms in total. The number of carbonyl (C=O) groups is 2. The van der Waals surface area contributed by atoms with E-state index >= 15 is 0 Å². The Morgan fingerprint density at radius 2 is 1.92 bits per heavy atom. The van der Waals surface area contributed by atoms with E-state index in [1.54, 1.807) is 12.1 Å². The van der Waals surface area contributed by atoms with Gasteiger partial charge in [-0.2, -0.15) is 5.10 Å². The number of nitrogens with one attached hydrogen (secondary N) is 1. The van der Waals surface area contributed by atoms with Gasteiger partial charge in [0.1, 0.15) is 5.69 Å². The fraction of sp³-hybridized carbons (Fsp3) is 0.389. The molecule has 1 aliphatic carbocycles. The monoisotopic (exact) mass is 341 g/mol. The first-order valence-corrected chi connectivity index (χ1v) is 8.56. The number of primary amides is 1. The molecule has 7 heteroatoms. The van der Waals surface area contributed by atoms with E-state index in [9.17, 15) is 9.59 Å². The van der Waals surface area contributed by atoms with Crippen molar-refractivity contribution in [2.45, 2.75) is 31.7 Å². The Morgan fingerprint density at radius 3 is 2.60 bits per heavy atom. The molecule has 25 heavy (non-hydrogen) atoms. The number of para-hydroxylation sites is 1. The van der Waals surface area contributed by atoms with Crippen LogP contribution in [0.1, 0.15) is 46.7 Å². The van der Waals surface area contributed by atoms with E-state index in [-0.39, 0.29) is 29.3 Å². The molecule has 0 aliphatic heterocycles. The molecule has 1 fully saturated rings. The normalized spacial score (nSPS) is 20.2. The smallest absolute Gasteiger partial charge is 0.272 e. The molecule has 0 radical (unpaired) electrons. The van der Waals surface area contributed by atoms with Crippen molar-refractivity contribution in [3.8, 4) is 5.69 Å². The third kappa shape index (κ3) is 3.71. The van der Waals surface area contributed by atoms with Crippen molar-refractivity contribution in [1.82, 2.24) is 15.1 Å². The largest absolute Gasteiger partial charge is 0.364 e. The highest BCUT2D eigenvalue weighted by Gasteiger charge is 2.27. The second kappa shape index (κ2) is 7.48. The van der Waals surface area contributed by atoms with Crippen molar-refractivity contribution in [2.75, 3.05) is 6.54 Å². The van der Waals surface area contributed by atoms with Gasteiger partial charge in [-0.3, -0.25) is 9.59 Å². The zero-order valence-corrected chi connectivity index (χ0v) is 14.0. The van der Waals surface area contributed by atoms with Crippen LogP contribution in [0.25, 0.3) is 5.69 Å². The number of hydrogen-bond acceptors (Lipinski definition) is 4. The predicted octanol–water partition coefficient (Wildman–Crippen LogP) is 1.22. The molecule has 2 aromatic rings. The first kappa shape index (κ1) is 17.2. The number of nitrogens with zero attached hydrogens (tertiary/aromatic N) is 2. The van der Waals surface area contributed by atoms with Crippen molar-refractivity contribution >= 4 is 11.8 Å². The Morgan fingerprint density at radius 1 is 1.20 bits per heavy atom. The fourth-order valence-corrected chi connectivity index (χ4v) is 3.36. The molecule has 132 valence electrons. The van der Waals surface area contributed by atoms with E-state index in [2.05, 4.69) is 10.4 Å². The third-order valence-electron chi connectivity index (χ3n) is 4.72. The quantitative estimate of drug-likeness (QED) is 0.758. The van der Waals surface area contributed by atoms with Crippen LogP contribution in [0.15, 0.2) is 36.4 Å². The molecular weight excluding hydrogens is 318 g/mol. The summed E-state index contributed by atoms with van der Waals surface area (Å²) in [5.74, 6) is -0.653. The van der Waals surface area contributed by atoms with E-state index < -0.39 is 5.91 Å². The first-order valence-electron chi connectivity index (χ1n) is 8.56. The van der Waals surface area contributed by atoms with Crippen LogP contribution in [-0.2, 0) is 0 Å². The first-order chi connectivity index (χ1) is 12.1. The van der Waals surface area contributed by atoms with Crippen LogP contribution in [0.3, 0.4) is 0 Å². The summed E-state index contributed by atoms with van der Waals surface area (Å²) in [7, 11) is 0. The van der Waals surface area contributed by atoms with E-state index in [4.69, 9.17) is 11.5 Å². The summed E-state index contributed by atoms with van der Waals surface area (Å²) in [6, 6.07) is 10.6. The van der Waals surface area contributed by atoms with Crippen molar-refractivity contribution in [3.63, 3.8) is 0 Å². The topological polar surface area (TPSA) is 116 Å². The summed E-state index contributed by atoms with van der Waals surface area (Å²) in [4.78, 5) is 24.3. The number of carbonyl (C=O) groups excluding carboxylic acids is 2. The molecule has 1 aliphatic rings. The van der Waals surface area contributed by atoms with E-state index in [1.165, 1.54) is 10.7 Å². The average molecular weight is 341 g/mol. The van der Waals surface area contributed by atoms with Crippen LogP contribution in [0, 0.1) is 5.92 Å². The van der Waals surface area contributed by atoms with Crippen LogP contribution >= 0.6 is 0 Å². The molecule has 1 heterocycles. The SMILES string of the molecule is NCC1CCCCC1NC(=O)c1cc(C(N)=O)n(-c2ccccc2)n1. The number of amides is 2. The van der Waals surface area contributed by atoms with E-state index in [0.717, 1.165) is 25.7 Å². The number of nitrogens with two attached hydrogens (primary N) is 2. The van der Waals surface area contributed by atoms with Gasteiger partial charge in [0, 0.05) is 12.1 Å². The lowest BCUT2D eigenvalue weighted by Crippen LogP contribution is -2.44. The average Bonchev–Trinajstić information content (AvgIpc) is 3.09. The van der Waals surface area contributed by atoms with E-state index in [1.807, 2.05) is 18.2 Å². The maximum Gasteiger partial charge on any atom is 0.272 e. The van der Waals surface area contributed by atoms with Gasteiger partial charge in [-0.15, -0.1) is 0 Å². The molecule has 1 aromatic heterocycles. The zero-order chi connectivity index (χ0) is 17.8. The minimum atomic E-state index is -0.632. The third-order valence-corrected chi connectivity index (χ3v) is 4.72. The van der Waals surface area contributed by atoms with Crippen molar-refractivity contribution in [2.24, 2.45) is 17.4 Å². The summed E-state index contributed by atoms with van der Waals surface area (Å²) >= 11 is 0. The van der Waals surface area contributed by atoms with Gasteiger partial charge in [0.05, 0.1) is 5.69 Å². The molecule has 1 saturated carbocycles. The van der Waals surface area contributed by atoms with Crippen LogP contribution in [0.2, 0.25) is 0 Å². The molecule has 5 N–H and O–H groups in total. The lowest BCUT2D eigenvalue weighted by Gasteiger charge is -2.31. The highest BCUT2D eigenvalue weighted by atomic mass is 16.2. The molecule has 1 aromatic carbocycles. The highest BCUT2D eigenvalue weighted by molar-refractivity contribution is 5.97. The lowest BCUT2D eigenvalue weighted by molar-refractivity contribution is 0.0902. The van der Waals surface area contributed by atoms with Crippen molar-refractivity contribution < 1.29 is 9.59 Å². The summed E-state index contributed by atoms with van der Waals surface area (Å²) in [5.41, 5.74) is 12.3. The van der Waals surface area contributed by atoms with Gasteiger partial charge in [-0.1, -0.05) is 31.0 Å². The molecule has 0 bridgehead atoms. The number of hydrogen-bond donors (Lipinski definition) is 3. The Labute approximate surface area is 146 Å². The highest BCUT2D eigenvalue weighted by Crippen LogP contribution is 2.24. The van der Waals surface area contributed by atoms with Crippen molar-refractivity contribution in [3.05, 3.63) is 47.8 Å². The molecule has 3 rings (SSSR count). The maximum absolute atomic E-state index is 12.6. The Kier molecular flexibility index (Phi) is 5.14. The molecule has 2 amide bonds. The van der Waals surface area contributed by atoms with Gasteiger partial charge in [0.15, 0.2) is 5.69 Å². The van der Waals surface area contributed by atoms with Gasteiger partial charge in [-0.25, -0.2) is 4.68 Å². The standard InChI is InChI=1S/C18H23N5O2/c19-11-12-6-4-5-9-14(12)21-18(25)15-10-16(17(20)24)23(22-15)13-7-2-1-3-8-13/h1-3,7-8,10,12,14H,4-6,9,11,19H2,(H2,20,24)(H,21,25). The van der Waals surface area contributed by atoms with Crippen LogP contribution in [0.4, 0.5) is 0 Å². The van der Waals surface area contributed by atoms with Gasteiger partial charge in [0.2, 0.25) is 0 Å². The Balaban J connectivity index is 1.85. The van der Waals surface area contributed by atoms with Gasteiger partial charge >= 0.3 is 0 Å². The number of benzene rings is 1. The van der Waals surface area contributed by atoms with E-state index in [0.29, 0.717) is 12.2 Å². The molecular formula is C18H23N5O2. The molecule has 0 spiro atoms. The molecule has 2 unspecified atom stereocenters. The van der Waals surface area contributed by atoms with Gasteiger partial charge in [0.25, 0.3) is 11.8 Å². The Bertz CT molecular complexity index is 756. The maximum atomic E-state index is 12.6. The lowest BCUT2D eigenvalue weighted by atomic mass is 9.84. The number of rotatable bonds is 5. The van der Waals surface area contributed by atoms with Crippen molar-refractivity contribution in [1.29, 1.82) is 0 Å². The van der Waals surface area contributed by atoms with Crippen LogP contribution in [0.5, 0.6) is 0 Å². The fourth-order valence-electron chi connectivity index (χ4n) is 3.36. The van der Waals surface area contributed by atoms with Crippen LogP contribution in [-0.4, -0.2) is 34.2 Å². The number of aromatic nitrogens is 2. The van der Waals surface area contributed by atoms with Gasteiger partial charge in [-0.05, 0) is 37.4 Å². The minimum absolute atomic E-state index is 0.0464.